The monoisotopic (exact) mass is 243 g/mol. The Morgan fingerprint density at radius 2 is 2.00 bits per heavy atom. The second kappa shape index (κ2) is 3.95. The van der Waals surface area contributed by atoms with Gasteiger partial charge >= 0.3 is 0 Å². The molecule has 2 aliphatic rings. The molecule has 1 saturated heterocycles. The Balaban J connectivity index is 2.04. The fourth-order valence-electron chi connectivity index (χ4n) is 1.75. The Kier molecular flexibility index (Phi) is 2.86. The van der Waals surface area contributed by atoms with Gasteiger partial charge in [0.25, 0.3) is 0 Å². The molecule has 0 amide bonds. The molecule has 0 bridgehead atoms. The van der Waals surface area contributed by atoms with E-state index in [4.69, 9.17) is 4.74 Å². The molecule has 1 aliphatic carbocycles. The molecule has 2 rings (SSSR count). The Morgan fingerprint density at radius 1 is 1.23 bits per heavy atom. The number of hydrogen-bond donors (Lipinski definition) is 0. The third kappa shape index (κ3) is 2.03. The lowest BCUT2D eigenvalue weighted by Gasteiger charge is -2.40. The lowest BCUT2D eigenvalue weighted by atomic mass is 10.1. The molecular formula is C10H14BrNO. The maximum absolute atomic E-state index is 5.33. The molecule has 0 aromatic heterocycles. The highest BCUT2D eigenvalue weighted by molar-refractivity contribution is 9.10. The molecule has 0 aromatic carbocycles. The van der Waals surface area contributed by atoms with Gasteiger partial charge in [0, 0.05) is 13.1 Å². The summed E-state index contributed by atoms with van der Waals surface area (Å²) in [7, 11) is 0. The van der Waals surface area contributed by atoms with E-state index < -0.39 is 0 Å². The molecule has 0 aromatic rings. The van der Waals surface area contributed by atoms with Crippen LogP contribution in [0.15, 0.2) is 24.3 Å². The maximum atomic E-state index is 5.33. The first-order chi connectivity index (χ1) is 6.31. The average molecular weight is 244 g/mol. The molecule has 3 heteroatoms. The first-order valence-electron chi connectivity index (χ1n) is 4.67. The third-order valence-corrected chi connectivity index (χ3v) is 3.63. The van der Waals surface area contributed by atoms with Crippen molar-refractivity contribution in [1.82, 2.24) is 4.90 Å². The smallest absolute Gasteiger partial charge is 0.0991 e. The first kappa shape index (κ1) is 9.44. The Labute approximate surface area is 87.4 Å². The number of alkyl halides is 1. The van der Waals surface area contributed by atoms with Gasteiger partial charge in [0.05, 0.1) is 17.7 Å². The van der Waals surface area contributed by atoms with Crippen molar-refractivity contribution in [3.63, 3.8) is 0 Å². The van der Waals surface area contributed by atoms with Crippen LogP contribution < -0.4 is 0 Å². The number of rotatable bonds is 1. The van der Waals surface area contributed by atoms with Gasteiger partial charge in [-0.15, -0.1) is 0 Å². The summed E-state index contributed by atoms with van der Waals surface area (Å²) in [5.74, 6) is 0. The molecule has 0 saturated carbocycles. The molecule has 72 valence electrons. The fraction of sp³-hybridized carbons (Fsp3) is 0.600. The average Bonchev–Trinajstić information content (AvgIpc) is 2.20. The highest BCUT2D eigenvalue weighted by Gasteiger charge is 2.31. The van der Waals surface area contributed by atoms with E-state index in [2.05, 4.69) is 45.1 Å². The molecule has 1 fully saturated rings. The van der Waals surface area contributed by atoms with E-state index >= 15 is 0 Å². The van der Waals surface area contributed by atoms with Gasteiger partial charge in [-0.05, 0) is 6.42 Å². The lowest BCUT2D eigenvalue weighted by molar-refractivity contribution is 0.0201. The summed E-state index contributed by atoms with van der Waals surface area (Å²) < 4.78 is 5.38. The van der Waals surface area contributed by atoms with Crippen LogP contribution in [0.1, 0.15) is 6.42 Å². The lowest BCUT2D eigenvalue weighted by Crippen LogP contribution is -2.48. The minimum Gasteiger partial charge on any atom is -0.379 e. The number of allylic oxidation sites excluding steroid dienone is 2. The molecule has 1 unspecified atom stereocenters. The van der Waals surface area contributed by atoms with Crippen LogP contribution in [-0.4, -0.2) is 35.7 Å². The predicted molar refractivity (Wildman–Crippen MR) is 56.9 cm³/mol. The normalized spacial score (nSPS) is 35.2. The van der Waals surface area contributed by atoms with Crippen molar-refractivity contribution in [3.05, 3.63) is 24.3 Å². The zero-order chi connectivity index (χ0) is 9.15. The number of halogens is 1. The van der Waals surface area contributed by atoms with Crippen molar-refractivity contribution < 1.29 is 4.74 Å². The van der Waals surface area contributed by atoms with Gasteiger partial charge < -0.3 is 4.74 Å². The van der Waals surface area contributed by atoms with Gasteiger partial charge in [-0.1, -0.05) is 40.2 Å². The van der Waals surface area contributed by atoms with E-state index in [0.717, 1.165) is 32.7 Å². The fourth-order valence-corrected chi connectivity index (χ4v) is 2.45. The largest absolute Gasteiger partial charge is 0.379 e. The van der Waals surface area contributed by atoms with Crippen molar-refractivity contribution in [2.75, 3.05) is 26.3 Å². The van der Waals surface area contributed by atoms with Crippen LogP contribution in [0.2, 0.25) is 0 Å². The van der Waals surface area contributed by atoms with E-state index in [-0.39, 0.29) is 4.45 Å². The number of hydrogen-bond acceptors (Lipinski definition) is 2. The molecule has 0 radical (unpaired) electrons. The number of nitrogens with zero attached hydrogens (tertiary/aromatic N) is 1. The van der Waals surface area contributed by atoms with Crippen molar-refractivity contribution in [3.8, 4) is 0 Å². The molecule has 13 heavy (non-hydrogen) atoms. The van der Waals surface area contributed by atoms with Crippen molar-refractivity contribution in [2.45, 2.75) is 10.9 Å². The summed E-state index contributed by atoms with van der Waals surface area (Å²) in [5, 5.41) is 0. The second-order valence-electron chi connectivity index (χ2n) is 3.41. The zero-order valence-electron chi connectivity index (χ0n) is 7.58. The second-order valence-corrected chi connectivity index (χ2v) is 4.78. The van der Waals surface area contributed by atoms with Crippen LogP contribution in [0.3, 0.4) is 0 Å². The van der Waals surface area contributed by atoms with E-state index in [1.807, 2.05) is 0 Å². The van der Waals surface area contributed by atoms with Crippen molar-refractivity contribution >= 4 is 15.9 Å². The highest BCUT2D eigenvalue weighted by Crippen LogP contribution is 2.32. The molecule has 1 aliphatic heterocycles. The van der Waals surface area contributed by atoms with Crippen LogP contribution in [-0.2, 0) is 4.74 Å². The topological polar surface area (TPSA) is 12.5 Å². The highest BCUT2D eigenvalue weighted by atomic mass is 79.9. The van der Waals surface area contributed by atoms with E-state index in [1.165, 1.54) is 0 Å². The van der Waals surface area contributed by atoms with Gasteiger partial charge in [-0.2, -0.15) is 0 Å². The van der Waals surface area contributed by atoms with Crippen LogP contribution in [0.25, 0.3) is 0 Å². The van der Waals surface area contributed by atoms with Gasteiger partial charge in [0.2, 0.25) is 0 Å². The van der Waals surface area contributed by atoms with Crippen LogP contribution in [0.5, 0.6) is 0 Å². The van der Waals surface area contributed by atoms with Crippen LogP contribution in [0.4, 0.5) is 0 Å². The van der Waals surface area contributed by atoms with E-state index in [0.29, 0.717) is 0 Å². The molecule has 2 nitrogen and oxygen atoms in total. The molecule has 0 spiro atoms. The minimum atomic E-state index is 0.0472. The Bertz CT molecular complexity index is 233. The van der Waals surface area contributed by atoms with Crippen molar-refractivity contribution in [2.24, 2.45) is 0 Å². The van der Waals surface area contributed by atoms with E-state index in [1.54, 1.807) is 0 Å². The maximum Gasteiger partial charge on any atom is 0.0991 e. The molecular weight excluding hydrogens is 230 g/mol. The van der Waals surface area contributed by atoms with Gasteiger partial charge in [0.15, 0.2) is 0 Å². The van der Waals surface area contributed by atoms with Crippen LogP contribution in [0, 0.1) is 0 Å². The molecule has 0 N–H and O–H groups in total. The zero-order valence-corrected chi connectivity index (χ0v) is 9.16. The van der Waals surface area contributed by atoms with E-state index in [9.17, 15) is 0 Å². The molecule has 1 heterocycles. The first-order valence-corrected chi connectivity index (χ1v) is 5.47. The predicted octanol–water partition coefficient (Wildman–Crippen LogP) is 1.93. The third-order valence-electron chi connectivity index (χ3n) is 2.54. The summed E-state index contributed by atoms with van der Waals surface area (Å²) in [6.45, 7) is 3.74. The standard InChI is InChI=1S/C10H14BrNO/c11-10(4-2-1-3-5-10)12-6-8-13-9-7-12/h1-4H,5-9H2. The Hall–Kier alpha value is -0.120. The van der Waals surface area contributed by atoms with Gasteiger partial charge in [-0.25, -0.2) is 0 Å². The van der Waals surface area contributed by atoms with Gasteiger partial charge in [-0.3, -0.25) is 4.90 Å². The van der Waals surface area contributed by atoms with Gasteiger partial charge in [0.1, 0.15) is 0 Å². The summed E-state index contributed by atoms with van der Waals surface area (Å²) >= 11 is 3.79. The summed E-state index contributed by atoms with van der Waals surface area (Å²) in [5.41, 5.74) is 0. The number of morpholine rings is 1. The quantitative estimate of drug-likeness (QED) is 0.516. The summed E-state index contributed by atoms with van der Waals surface area (Å²) in [6.07, 6.45) is 9.67. The molecule has 1 atom stereocenters. The SMILES string of the molecule is BrC1(N2CCOCC2)C=CC=CC1. The van der Waals surface area contributed by atoms with Crippen molar-refractivity contribution in [1.29, 1.82) is 0 Å². The van der Waals surface area contributed by atoms with Crippen LogP contribution >= 0.6 is 15.9 Å². The number of ether oxygens (including phenoxy) is 1. The Morgan fingerprint density at radius 3 is 2.62 bits per heavy atom. The minimum absolute atomic E-state index is 0.0472. The summed E-state index contributed by atoms with van der Waals surface area (Å²) in [6, 6.07) is 0. The summed E-state index contributed by atoms with van der Waals surface area (Å²) in [4.78, 5) is 2.43.